The normalized spacial score (nSPS) is 12.7. The summed E-state index contributed by atoms with van der Waals surface area (Å²) in [5, 5.41) is 5.74. The van der Waals surface area contributed by atoms with Gasteiger partial charge in [0, 0.05) is 18.8 Å². The summed E-state index contributed by atoms with van der Waals surface area (Å²) in [6, 6.07) is 5.95. The number of hydrogen-bond acceptors (Lipinski definition) is 4. The van der Waals surface area contributed by atoms with Crippen molar-refractivity contribution in [3.05, 3.63) is 24.3 Å². The topological polar surface area (TPSA) is 87.3 Å². The van der Waals surface area contributed by atoms with Crippen LogP contribution in [0.1, 0.15) is 27.2 Å². The molecule has 7 heteroatoms. The zero-order valence-corrected chi connectivity index (χ0v) is 13.5. The lowest BCUT2D eigenvalue weighted by Crippen LogP contribution is -2.37. The van der Waals surface area contributed by atoms with E-state index in [2.05, 4.69) is 15.4 Å². The summed E-state index contributed by atoms with van der Waals surface area (Å²) in [6.07, 6.45) is 0.739. The number of nitrogens with one attached hydrogen (secondary N) is 3. The average molecular weight is 313 g/mol. The van der Waals surface area contributed by atoms with E-state index in [1.807, 2.05) is 13.8 Å². The van der Waals surface area contributed by atoms with E-state index in [0.717, 1.165) is 6.42 Å². The molecule has 1 aromatic rings. The molecule has 118 valence electrons. The molecule has 21 heavy (non-hydrogen) atoms. The molecule has 1 aromatic carbocycles. The molecule has 0 radical (unpaired) electrons. The Morgan fingerprint density at radius 3 is 2.33 bits per heavy atom. The van der Waals surface area contributed by atoms with E-state index < -0.39 is 10.0 Å². The van der Waals surface area contributed by atoms with E-state index in [1.54, 1.807) is 19.1 Å². The molecule has 1 rings (SSSR count). The molecule has 0 saturated carbocycles. The van der Waals surface area contributed by atoms with Crippen molar-refractivity contribution in [3.63, 3.8) is 0 Å². The molecule has 1 amide bonds. The van der Waals surface area contributed by atoms with Crippen LogP contribution in [0.2, 0.25) is 0 Å². The number of hydrogen-bond donors (Lipinski definition) is 3. The lowest BCUT2D eigenvalue weighted by molar-refractivity contribution is -0.121. The Kier molecular flexibility index (Phi) is 6.64. The molecule has 1 atom stereocenters. The largest absolute Gasteiger partial charge is 0.374 e. The minimum absolute atomic E-state index is 0.0983. The van der Waals surface area contributed by atoms with Gasteiger partial charge in [-0.25, -0.2) is 13.1 Å². The Labute approximate surface area is 126 Å². The molecule has 0 saturated heterocycles. The van der Waals surface area contributed by atoms with Gasteiger partial charge in [0.15, 0.2) is 0 Å². The van der Waals surface area contributed by atoms with Crippen LogP contribution in [0, 0.1) is 0 Å². The SMILES string of the molecule is CCCNS(=O)(=O)c1ccc(NC(C)C(=O)NCC)cc1. The lowest BCUT2D eigenvalue weighted by atomic mass is 10.2. The summed E-state index contributed by atoms with van der Waals surface area (Å²) in [7, 11) is -3.45. The first-order chi connectivity index (χ1) is 9.90. The fourth-order valence-corrected chi connectivity index (χ4v) is 2.83. The molecule has 0 bridgehead atoms. The Morgan fingerprint density at radius 2 is 1.81 bits per heavy atom. The predicted molar refractivity (Wildman–Crippen MR) is 83.7 cm³/mol. The quantitative estimate of drug-likeness (QED) is 0.675. The third-order valence-electron chi connectivity index (χ3n) is 2.83. The van der Waals surface area contributed by atoms with E-state index in [-0.39, 0.29) is 16.8 Å². The van der Waals surface area contributed by atoms with Gasteiger partial charge in [-0.15, -0.1) is 0 Å². The molecule has 0 aromatic heterocycles. The van der Waals surface area contributed by atoms with Crippen molar-refractivity contribution in [2.45, 2.75) is 38.1 Å². The molecular weight excluding hydrogens is 290 g/mol. The second-order valence-corrected chi connectivity index (χ2v) is 6.45. The standard InChI is InChI=1S/C14H23N3O3S/c1-4-10-16-21(19,20)13-8-6-12(7-9-13)17-11(3)14(18)15-5-2/h6-9,11,16-17H,4-5,10H2,1-3H3,(H,15,18). The summed E-state index contributed by atoms with van der Waals surface area (Å²) in [6.45, 7) is 6.49. The van der Waals surface area contributed by atoms with Crippen LogP contribution in [0.5, 0.6) is 0 Å². The first-order valence-electron chi connectivity index (χ1n) is 7.04. The maximum absolute atomic E-state index is 11.9. The molecule has 1 unspecified atom stereocenters. The van der Waals surface area contributed by atoms with Crippen molar-refractivity contribution in [1.29, 1.82) is 0 Å². The fourth-order valence-electron chi connectivity index (χ4n) is 1.69. The third kappa shape index (κ3) is 5.35. The number of amides is 1. The highest BCUT2D eigenvalue weighted by Crippen LogP contribution is 2.14. The van der Waals surface area contributed by atoms with Crippen molar-refractivity contribution >= 4 is 21.6 Å². The van der Waals surface area contributed by atoms with Gasteiger partial charge >= 0.3 is 0 Å². The number of rotatable bonds is 8. The van der Waals surface area contributed by atoms with Crippen LogP contribution < -0.4 is 15.4 Å². The van der Waals surface area contributed by atoms with E-state index in [1.165, 1.54) is 12.1 Å². The van der Waals surface area contributed by atoms with Crippen LogP contribution in [0.4, 0.5) is 5.69 Å². The average Bonchev–Trinajstić information content (AvgIpc) is 2.46. The summed E-state index contributed by atoms with van der Waals surface area (Å²) in [4.78, 5) is 11.8. The van der Waals surface area contributed by atoms with Gasteiger partial charge in [0.1, 0.15) is 6.04 Å². The fraction of sp³-hybridized carbons (Fsp3) is 0.500. The molecule has 0 spiro atoms. The van der Waals surface area contributed by atoms with Gasteiger partial charge in [-0.3, -0.25) is 4.79 Å². The molecule has 3 N–H and O–H groups in total. The number of likely N-dealkylation sites (N-methyl/N-ethyl adjacent to an activating group) is 1. The van der Waals surface area contributed by atoms with Crippen LogP contribution in [-0.2, 0) is 14.8 Å². The van der Waals surface area contributed by atoms with Gasteiger partial charge in [-0.2, -0.15) is 0 Å². The van der Waals surface area contributed by atoms with Crippen molar-refractivity contribution in [2.75, 3.05) is 18.4 Å². The van der Waals surface area contributed by atoms with E-state index in [4.69, 9.17) is 0 Å². The zero-order chi connectivity index (χ0) is 15.9. The summed E-state index contributed by atoms with van der Waals surface area (Å²) in [5.74, 6) is -0.0983. The Hall–Kier alpha value is -1.60. The van der Waals surface area contributed by atoms with Crippen LogP contribution in [0.15, 0.2) is 29.2 Å². The molecule has 0 aliphatic rings. The Bertz CT molecular complexity index is 555. The molecular formula is C14H23N3O3S. The van der Waals surface area contributed by atoms with Gasteiger partial charge in [-0.05, 0) is 44.5 Å². The smallest absolute Gasteiger partial charge is 0.242 e. The van der Waals surface area contributed by atoms with Gasteiger partial charge in [0.05, 0.1) is 4.90 Å². The van der Waals surface area contributed by atoms with Gasteiger partial charge < -0.3 is 10.6 Å². The van der Waals surface area contributed by atoms with Crippen LogP contribution in [0.25, 0.3) is 0 Å². The van der Waals surface area contributed by atoms with Crippen molar-refractivity contribution < 1.29 is 13.2 Å². The van der Waals surface area contributed by atoms with Crippen molar-refractivity contribution in [2.24, 2.45) is 0 Å². The highest BCUT2D eigenvalue weighted by atomic mass is 32.2. The number of benzene rings is 1. The number of carbonyl (C=O) groups excluding carboxylic acids is 1. The number of carbonyl (C=O) groups is 1. The molecule has 0 heterocycles. The first-order valence-corrected chi connectivity index (χ1v) is 8.53. The van der Waals surface area contributed by atoms with Crippen molar-refractivity contribution in [3.8, 4) is 0 Å². The Balaban J connectivity index is 2.72. The zero-order valence-electron chi connectivity index (χ0n) is 12.6. The second kappa shape index (κ2) is 7.99. The molecule has 0 aliphatic heterocycles. The molecule has 0 aliphatic carbocycles. The van der Waals surface area contributed by atoms with Gasteiger partial charge in [0.2, 0.25) is 15.9 Å². The van der Waals surface area contributed by atoms with Crippen LogP contribution in [-0.4, -0.2) is 33.5 Å². The third-order valence-corrected chi connectivity index (χ3v) is 4.31. The van der Waals surface area contributed by atoms with E-state index >= 15 is 0 Å². The van der Waals surface area contributed by atoms with Gasteiger partial charge in [-0.1, -0.05) is 6.92 Å². The minimum Gasteiger partial charge on any atom is -0.374 e. The summed E-state index contributed by atoms with van der Waals surface area (Å²) < 4.78 is 26.4. The summed E-state index contributed by atoms with van der Waals surface area (Å²) >= 11 is 0. The highest BCUT2D eigenvalue weighted by Gasteiger charge is 2.14. The maximum atomic E-state index is 11.9. The maximum Gasteiger partial charge on any atom is 0.242 e. The highest BCUT2D eigenvalue weighted by molar-refractivity contribution is 7.89. The second-order valence-electron chi connectivity index (χ2n) is 4.68. The number of anilines is 1. The van der Waals surface area contributed by atoms with E-state index in [0.29, 0.717) is 18.8 Å². The van der Waals surface area contributed by atoms with E-state index in [9.17, 15) is 13.2 Å². The van der Waals surface area contributed by atoms with Crippen LogP contribution >= 0.6 is 0 Å². The number of sulfonamides is 1. The predicted octanol–water partition coefficient (Wildman–Crippen LogP) is 1.31. The van der Waals surface area contributed by atoms with Gasteiger partial charge in [0.25, 0.3) is 0 Å². The van der Waals surface area contributed by atoms with Crippen LogP contribution in [0.3, 0.4) is 0 Å². The summed E-state index contributed by atoms with van der Waals surface area (Å²) in [5.41, 5.74) is 0.697. The minimum atomic E-state index is -3.45. The first kappa shape index (κ1) is 17.5. The Morgan fingerprint density at radius 1 is 1.19 bits per heavy atom. The van der Waals surface area contributed by atoms with Crippen molar-refractivity contribution in [1.82, 2.24) is 10.0 Å². The molecule has 6 nitrogen and oxygen atoms in total. The molecule has 0 fully saturated rings. The monoisotopic (exact) mass is 313 g/mol. The lowest BCUT2D eigenvalue weighted by Gasteiger charge is -2.15.